The molecule has 0 aliphatic heterocycles. The van der Waals surface area contributed by atoms with Crippen LogP contribution in [0.25, 0.3) is 0 Å². The van der Waals surface area contributed by atoms with Crippen LogP contribution in [-0.4, -0.2) is 12.0 Å². The number of benzene rings is 1. The largest absolute Gasteiger partial charge is 0.303 e. The van der Waals surface area contributed by atoms with Crippen molar-refractivity contribution in [3.8, 4) is 0 Å². The van der Waals surface area contributed by atoms with Gasteiger partial charge in [0.05, 0.1) is 5.92 Å². The summed E-state index contributed by atoms with van der Waals surface area (Å²) in [4.78, 5) is 10.8. The maximum absolute atomic E-state index is 13.7. The summed E-state index contributed by atoms with van der Waals surface area (Å²) in [6.07, 6.45) is 0.653. The highest BCUT2D eigenvalue weighted by atomic mass is 79.9. The van der Waals surface area contributed by atoms with Gasteiger partial charge in [0.2, 0.25) is 0 Å². The lowest BCUT2D eigenvalue weighted by molar-refractivity contribution is -0.111. The molecule has 1 rings (SSSR count). The van der Waals surface area contributed by atoms with E-state index in [2.05, 4.69) is 15.9 Å². The third-order valence-electron chi connectivity index (χ3n) is 2.12. The number of alkyl halides is 1. The molecule has 1 aromatic carbocycles. The molecule has 0 saturated heterocycles. The summed E-state index contributed by atoms with van der Waals surface area (Å²) < 4.78 is 14.4. The van der Waals surface area contributed by atoms with Crippen LogP contribution in [0.1, 0.15) is 25.3 Å². The smallest absolute Gasteiger partial charge is 0.130 e. The van der Waals surface area contributed by atoms with Gasteiger partial charge in [-0.3, -0.25) is 0 Å². The van der Waals surface area contributed by atoms with E-state index in [9.17, 15) is 9.18 Å². The Morgan fingerprint density at radius 2 is 2.00 bits per heavy atom. The number of hydrogen-bond donors (Lipinski definition) is 0. The van der Waals surface area contributed by atoms with E-state index in [0.29, 0.717) is 11.8 Å². The number of carbonyl (C=O) groups is 1. The lowest BCUT2D eigenvalue weighted by Crippen LogP contribution is -2.25. The Bertz CT molecular complexity index is 330. The van der Waals surface area contributed by atoms with Crippen LogP contribution >= 0.6 is 15.9 Å². The van der Waals surface area contributed by atoms with E-state index in [4.69, 9.17) is 0 Å². The van der Waals surface area contributed by atoms with Crippen LogP contribution in [0.4, 0.5) is 4.39 Å². The summed E-state index contributed by atoms with van der Waals surface area (Å²) in [6, 6.07) is 7.19. The van der Waals surface area contributed by atoms with Gasteiger partial charge in [-0.05, 0) is 25.5 Å². The van der Waals surface area contributed by atoms with Crippen molar-refractivity contribution in [1.82, 2.24) is 0 Å². The third-order valence-corrected chi connectivity index (χ3v) is 2.84. The van der Waals surface area contributed by atoms with Gasteiger partial charge in [-0.1, -0.05) is 34.1 Å². The van der Waals surface area contributed by atoms with Gasteiger partial charge in [0.25, 0.3) is 0 Å². The van der Waals surface area contributed by atoms with Crippen molar-refractivity contribution in [3.63, 3.8) is 0 Å². The van der Waals surface area contributed by atoms with Crippen LogP contribution in [0.3, 0.4) is 0 Å². The molecule has 0 heterocycles. The quantitative estimate of drug-likeness (QED) is 0.759. The molecule has 1 unspecified atom stereocenters. The highest BCUT2D eigenvalue weighted by Crippen LogP contribution is 2.33. The Kier molecular flexibility index (Phi) is 3.43. The lowest BCUT2D eigenvalue weighted by atomic mass is 9.87. The number of halogens is 2. The molecule has 0 N–H and O–H groups in total. The van der Waals surface area contributed by atoms with Crippen molar-refractivity contribution < 1.29 is 9.18 Å². The second-order valence-electron chi connectivity index (χ2n) is 3.70. The summed E-state index contributed by atoms with van der Waals surface area (Å²) in [5, 5.41) is 0. The molecule has 0 radical (unpaired) electrons. The maximum atomic E-state index is 13.7. The molecule has 76 valence electrons. The first-order valence-electron chi connectivity index (χ1n) is 4.35. The molecule has 3 heteroatoms. The second-order valence-corrected chi connectivity index (χ2v) is 4.55. The molecular formula is C11H12BrFO. The zero-order valence-corrected chi connectivity index (χ0v) is 9.71. The van der Waals surface area contributed by atoms with Crippen molar-refractivity contribution in [2.75, 3.05) is 0 Å². The van der Waals surface area contributed by atoms with E-state index in [1.165, 1.54) is 13.8 Å². The van der Waals surface area contributed by atoms with Crippen molar-refractivity contribution >= 4 is 22.2 Å². The van der Waals surface area contributed by atoms with Crippen molar-refractivity contribution in [3.05, 3.63) is 34.3 Å². The molecular weight excluding hydrogens is 247 g/mol. The van der Waals surface area contributed by atoms with Crippen LogP contribution in [0.5, 0.6) is 0 Å². The van der Waals surface area contributed by atoms with Crippen molar-refractivity contribution in [1.29, 1.82) is 0 Å². The first-order chi connectivity index (χ1) is 6.46. The van der Waals surface area contributed by atoms with Gasteiger partial charge < -0.3 is 4.79 Å². The van der Waals surface area contributed by atoms with Gasteiger partial charge in [-0.25, -0.2) is 4.39 Å². The van der Waals surface area contributed by atoms with Crippen LogP contribution in [0.15, 0.2) is 28.7 Å². The number of aldehydes is 1. The van der Waals surface area contributed by atoms with E-state index in [0.717, 1.165) is 4.47 Å². The summed E-state index contributed by atoms with van der Waals surface area (Å²) in [5.41, 5.74) is -0.846. The fourth-order valence-electron chi connectivity index (χ4n) is 1.33. The monoisotopic (exact) mass is 258 g/mol. The fraction of sp³-hybridized carbons (Fsp3) is 0.364. The second kappa shape index (κ2) is 4.22. The molecule has 1 nitrogen and oxygen atoms in total. The van der Waals surface area contributed by atoms with Crippen LogP contribution < -0.4 is 0 Å². The summed E-state index contributed by atoms with van der Waals surface area (Å²) in [5.74, 6) is -0.724. The van der Waals surface area contributed by atoms with Gasteiger partial charge in [-0.2, -0.15) is 0 Å². The third kappa shape index (κ3) is 2.41. The van der Waals surface area contributed by atoms with Crippen LogP contribution in [0.2, 0.25) is 0 Å². The van der Waals surface area contributed by atoms with E-state index < -0.39 is 11.6 Å². The van der Waals surface area contributed by atoms with E-state index in [1.54, 1.807) is 18.2 Å². The van der Waals surface area contributed by atoms with Crippen LogP contribution in [0, 0.1) is 0 Å². The molecule has 0 bridgehead atoms. The summed E-state index contributed by atoms with van der Waals surface area (Å²) in [6.45, 7) is 2.82. The Morgan fingerprint density at radius 3 is 2.43 bits per heavy atom. The van der Waals surface area contributed by atoms with Gasteiger partial charge in [0.1, 0.15) is 12.0 Å². The number of rotatable bonds is 3. The van der Waals surface area contributed by atoms with Gasteiger partial charge in [-0.15, -0.1) is 0 Å². The fourth-order valence-corrected chi connectivity index (χ4v) is 1.86. The molecule has 0 aliphatic rings. The molecule has 0 spiro atoms. The zero-order valence-electron chi connectivity index (χ0n) is 8.13. The molecule has 0 saturated carbocycles. The first-order valence-corrected chi connectivity index (χ1v) is 5.14. The van der Waals surface area contributed by atoms with E-state index >= 15 is 0 Å². The molecule has 0 amide bonds. The van der Waals surface area contributed by atoms with Gasteiger partial charge in [0.15, 0.2) is 0 Å². The molecule has 1 aromatic rings. The molecule has 1 atom stereocenters. The predicted octanol–water partition coefficient (Wildman–Crippen LogP) is 3.48. The summed E-state index contributed by atoms with van der Waals surface area (Å²) in [7, 11) is 0. The van der Waals surface area contributed by atoms with E-state index in [1.807, 2.05) is 6.07 Å². The van der Waals surface area contributed by atoms with Gasteiger partial charge in [0, 0.05) is 4.47 Å². The normalized spacial score (nSPS) is 13.7. The average Bonchev–Trinajstić information content (AvgIpc) is 2.07. The number of carbonyl (C=O) groups excluding carboxylic acids is 1. The van der Waals surface area contributed by atoms with Crippen molar-refractivity contribution in [2.24, 2.45) is 0 Å². The minimum Gasteiger partial charge on any atom is -0.303 e. The maximum Gasteiger partial charge on any atom is 0.130 e. The number of hydrogen-bond acceptors (Lipinski definition) is 1. The SMILES string of the molecule is CC(C)(F)C(C=O)c1ccccc1Br. The Balaban J connectivity index is 3.14. The minimum atomic E-state index is -1.54. The predicted molar refractivity (Wildman–Crippen MR) is 58.1 cm³/mol. The Hall–Kier alpha value is -0.700. The molecule has 0 fully saturated rings. The first kappa shape index (κ1) is 11.4. The van der Waals surface area contributed by atoms with E-state index in [-0.39, 0.29) is 0 Å². The molecule has 0 aromatic heterocycles. The lowest BCUT2D eigenvalue weighted by Gasteiger charge is -2.23. The zero-order chi connectivity index (χ0) is 10.8. The molecule has 14 heavy (non-hydrogen) atoms. The average molecular weight is 259 g/mol. The topological polar surface area (TPSA) is 17.1 Å². The van der Waals surface area contributed by atoms with Gasteiger partial charge >= 0.3 is 0 Å². The van der Waals surface area contributed by atoms with Crippen LogP contribution in [-0.2, 0) is 4.79 Å². The highest BCUT2D eigenvalue weighted by molar-refractivity contribution is 9.10. The molecule has 0 aliphatic carbocycles. The Labute approximate surface area is 91.5 Å². The highest BCUT2D eigenvalue weighted by Gasteiger charge is 2.31. The van der Waals surface area contributed by atoms with Crippen molar-refractivity contribution in [2.45, 2.75) is 25.4 Å². The summed E-state index contributed by atoms with van der Waals surface area (Å²) >= 11 is 3.30. The minimum absolute atomic E-state index is 0.653. The standard InChI is InChI=1S/C11H12BrFO/c1-11(2,13)9(7-14)8-5-3-4-6-10(8)12/h3-7,9H,1-2H3. The Morgan fingerprint density at radius 1 is 1.43 bits per heavy atom.